The summed E-state index contributed by atoms with van der Waals surface area (Å²) in [5, 5.41) is 15.1. The van der Waals surface area contributed by atoms with Gasteiger partial charge in [-0.2, -0.15) is 4.80 Å². The molecule has 0 aliphatic heterocycles. The zero-order chi connectivity index (χ0) is 20.1. The van der Waals surface area contributed by atoms with Crippen LogP contribution in [0.5, 0.6) is 0 Å². The number of anilines is 1. The Morgan fingerprint density at radius 1 is 1.11 bits per heavy atom. The first-order valence-corrected chi connectivity index (χ1v) is 8.84. The Labute approximate surface area is 166 Å². The highest BCUT2D eigenvalue weighted by Crippen LogP contribution is 2.17. The summed E-state index contributed by atoms with van der Waals surface area (Å²) in [6.45, 7) is 3.22. The summed E-state index contributed by atoms with van der Waals surface area (Å²) in [4.78, 5) is 25.0. The maximum absolute atomic E-state index is 12.0. The molecule has 1 amide bonds. The van der Waals surface area contributed by atoms with Gasteiger partial charge in [-0.1, -0.05) is 17.7 Å². The lowest BCUT2D eigenvalue weighted by Gasteiger charge is -2.08. The van der Waals surface area contributed by atoms with Crippen LogP contribution in [-0.4, -0.2) is 38.7 Å². The highest BCUT2D eigenvalue weighted by Gasteiger charge is 2.12. The van der Waals surface area contributed by atoms with Crippen molar-refractivity contribution >= 4 is 29.2 Å². The summed E-state index contributed by atoms with van der Waals surface area (Å²) in [5.74, 6) is -0.709. The van der Waals surface area contributed by atoms with Crippen LogP contribution in [0.3, 0.4) is 0 Å². The summed E-state index contributed by atoms with van der Waals surface area (Å²) >= 11 is 5.84. The quantitative estimate of drug-likeness (QED) is 0.640. The molecule has 3 aromatic rings. The number of amides is 1. The molecule has 2 aromatic carbocycles. The second-order valence-corrected chi connectivity index (χ2v) is 6.67. The summed E-state index contributed by atoms with van der Waals surface area (Å²) in [6, 6.07) is 12.6. The van der Waals surface area contributed by atoms with E-state index >= 15 is 0 Å². The number of nitrogens with zero attached hydrogens (tertiary/aromatic N) is 4. The van der Waals surface area contributed by atoms with Gasteiger partial charge in [0.05, 0.1) is 0 Å². The van der Waals surface area contributed by atoms with Gasteiger partial charge in [-0.05, 0) is 66.6 Å². The molecule has 8 nitrogen and oxygen atoms in total. The molecular formula is C19H18ClN5O3. The fraction of sp³-hybridized carbons (Fsp3) is 0.211. The number of hydrogen-bond acceptors (Lipinski definition) is 6. The van der Waals surface area contributed by atoms with Crippen LogP contribution in [-0.2, 0) is 20.9 Å². The van der Waals surface area contributed by atoms with E-state index in [1.54, 1.807) is 24.3 Å². The molecule has 28 heavy (non-hydrogen) atoms. The molecule has 9 heteroatoms. The SMILES string of the molecule is Cc1cc(C)cc(NC(=O)COC(=O)Cn2nnc(-c3ccc(Cl)cc3)n2)c1. The van der Waals surface area contributed by atoms with E-state index < -0.39 is 18.5 Å². The molecule has 0 bridgehead atoms. The van der Waals surface area contributed by atoms with Crippen molar-refractivity contribution < 1.29 is 14.3 Å². The van der Waals surface area contributed by atoms with Gasteiger partial charge in [0.2, 0.25) is 5.82 Å². The van der Waals surface area contributed by atoms with Gasteiger partial charge in [0.15, 0.2) is 13.2 Å². The fourth-order valence-corrected chi connectivity index (χ4v) is 2.70. The third-order valence-electron chi connectivity index (χ3n) is 3.70. The number of ether oxygens (including phenoxy) is 1. The zero-order valence-electron chi connectivity index (χ0n) is 15.3. The molecule has 0 aliphatic rings. The van der Waals surface area contributed by atoms with Gasteiger partial charge < -0.3 is 10.1 Å². The minimum Gasteiger partial charge on any atom is -0.454 e. The number of aryl methyl sites for hydroxylation is 2. The van der Waals surface area contributed by atoms with Crippen molar-refractivity contribution in [1.82, 2.24) is 20.2 Å². The van der Waals surface area contributed by atoms with Crippen LogP contribution in [0.1, 0.15) is 11.1 Å². The molecule has 0 atom stereocenters. The molecule has 1 aromatic heterocycles. The number of aromatic nitrogens is 4. The predicted molar refractivity (Wildman–Crippen MR) is 104 cm³/mol. The van der Waals surface area contributed by atoms with Crippen LogP contribution in [0, 0.1) is 13.8 Å². The maximum atomic E-state index is 12.0. The van der Waals surface area contributed by atoms with E-state index in [-0.39, 0.29) is 6.54 Å². The Morgan fingerprint density at radius 3 is 2.46 bits per heavy atom. The largest absolute Gasteiger partial charge is 0.454 e. The van der Waals surface area contributed by atoms with Crippen molar-refractivity contribution in [3.8, 4) is 11.4 Å². The van der Waals surface area contributed by atoms with Crippen LogP contribution in [0.25, 0.3) is 11.4 Å². The van der Waals surface area contributed by atoms with Gasteiger partial charge in [0.25, 0.3) is 5.91 Å². The molecule has 0 radical (unpaired) electrons. The lowest BCUT2D eigenvalue weighted by molar-refractivity contribution is -0.148. The first-order valence-electron chi connectivity index (χ1n) is 8.46. The number of benzene rings is 2. The Balaban J connectivity index is 1.50. The Kier molecular flexibility index (Phi) is 6.00. The number of halogens is 1. The maximum Gasteiger partial charge on any atom is 0.330 e. The van der Waals surface area contributed by atoms with E-state index in [9.17, 15) is 9.59 Å². The van der Waals surface area contributed by atoms with E-state index in [2.05, 4.69) is 20.7 Å². The number of nitrogens with one attached hydrogen (secondary N) is 1. The highest BCUT2D eigenvalue weighted by atomic mass is 35.5. The molecule has 3 rings (SSSR count). The average molecular weight is 400 g/mol. The summed E-state index contributed by atoms with van der Waals surface area (Å²) in [5.41, 5.74) is 3.43. The molecule has 0 fully saturated rings. The van der Waals surface area contributed by atoms with Crippen molar-refractivity contribution in [2.45, 2.75) is 20.4 Å². The minimum absolute atomic E-state index is 0.253. The summed E-state index contributed by atoms with van der Waals surface area (Å²) < 4.78 is 4.97. The fourth-order valence-electron chi connectivity index (χ4n) is 2.58. The minimum atomic E-state index is -0.643. The molecule has 1 N–H and O–H groups in total. The van der Waals surface area contributed by atoms with Gasteiger partial charge in [-0.25, -0.2) is 4.79 Å². The topological polar surface area (TPSA) is 99.0 Å². The Bertz CT molecular complexity index is 981. The van der Waals surface area contributed by atoms with Crippen molar-refractivity contribution in [3.63, 3.8) is 0 Å². The molecule has 0 aliphatic carbocycles. The second kappa shape index (κ2) is 8.62. The van der Waals surface area contributed by atoms with Crippen LogP contribution < -0.4 is 5.32 Å². The normalized spacial score (nSPS) is 10.5. The van der Waals surface area contributed by atoms with E-state index in [4.69, 9.17) is 16.3 Å². The lowest BCUT2D eigenvalue weighted by atomic mass is 10.1. The second-order valence-electron chi connectivity index (χ2n) is 6.24. The summed E-state index contributed by atoms with van der Waals surface area (Å²) in [6.07, 6.45) is 0. The van der Waals surface area contributed by atoms with Crippen LogP contribution in [0.2, 0.25) is 5.02 Å². The molecule has 0 saturated heterocycles. The number of carbonyl (C=O) groups is 2. The average Bonchev–Trinajstić information content (AvgIpc) is 3.08. The van der Waals surface area contributed by atoms with Crippen molar-refractivity contribution in [2.75, 3.05) is 11.9 Å². The zero-order valence-corrected chi connectivity index (χ0v) is 16.1. The van der Waals surface area contributed by atoms with Gasteiger partial charge in [-0.3, -0.25) is 4.79 Å². The van der Waals surface area contributed by atoms with Crippen LogP contribution >= 0.6 is 11.6 Å². The monoisotopic (exact) mass is 399 g/mol. The van der Waals surface area contributed by atoms with E-state index in [1.807, 2.05) is 32.0 Å². The lowest BCUT2D eigenvalue weighted by Crippen LogP contribution is -2.23. The number of rotatable bonds is 6. The molecule has 144 valence electrons. The third kappa shape index (κ3) is 5.37. The standard InChI is InChI=1S/C19H18ClN5O3/c1-12-7-13(2)9-16(8-12)21-17(26)11-28-18(27)10-25-23-19(22-24-25)14-3-5-15(20)6-4-14/h3-9H,10-11H2,1-2H3,(H,21,26). The molecule has 0 saturated carbocycles. The van der Waals surface area contributed by atoms with E-state index in [0.717, 1.165) is 21.5 Å². The number of carbonyl (C=O) groups excluding carboxylic acids is 2. The number of esters is 1. The van der Waals surface area contributed by atoms with Crippen molar-refractivity contribution in [1.29, 1.82) is 0 Å². The smallest absolute Gasteiger partial charge is 0.330 e. The summed E-state index contributed by atoms with van der Waals surface area (Å²) in [7, 11) is 0. The molecule has 1 heterocycles. The predicted octanol–water partition coefficient (Wildman–Crippen LogP) is 2.79. The number of tetrazole rings is 1. The van der Waals surface area contributed by atoms with E-state index in [0.29, 0.717) is 16.5 Å². The van der Waals surface area contributed by atoms with E-state index in [1.165, 1.54) is 0 Å². The first kappa shape index (κ1) is 19.5. The molecular weight excluding hydrogens is 382 g/mol. The molecule has 0 unspecified atom stereocenters. The first-order chi connectivity index (χ1) is 13.4. The van der Waals surface area contributed by atoms with Gasteiger partial charge >= 0.3 is 5.97 Å². The third-order valence-corrected chi connectivity index (χ3v) is 3.95. The Hall–Kier alpha value is -3.26. The van der Waals surface area contributed by atoms with Gasteiger partial charge in [0.1, 0.15) is 0 Å². The van der Waals surface area contributed by atoms with Gasteiger partial charge in [-0.15, -0.1) is 10.2 Å². The van der Waals surface area contributed by atoms with Gasteiger partial charge in [0, 0.05) is 16.3 Å². The van der Waals surface area contributed by atoms with Crippen molar-refractivity contribution in [3.05, 3.63) is 58.6 Å². The number of hydrogen-bond donors (Lipinski definition) is 1. The van der Waals surface area contributed by atoms with Crippen molar-refractivity contribution in [2.24, 2.45) is 0 Å². The van der Waals surface area contributed by atoms with Crippen LogP contribution in [0.15, 0.2) is 42.5 Å². The Morgan fingerprint density at radius 2 is 1.79 bits per heavy atom. The van der Waals surface area contributed by atoms with Crippen LogP contribution in [0.4, 0.5) is 5.69 Å². The highest BCUT2D eigenvalue weighted by molar-refractivity contribution is 6.30. The molecule has 0 spiro atoms.